The average molecular weight is 409 g/mol. The van der Waals surface area contributed by atoms with E-state index in [1.165, 1.54) is 36.5 Å². The number of hydrogen-bond donors (Lipinski definition) is 2. The van der Waals surface area contributed by atoms with Gasteiger partial charge in [-0.2, -0.15) is 0 Å². The Bertz CT molecular complexity index is 821. The number of carbonyl (C=O) groups excluding carboxylic acids is 3. The van der Waals surface area contributed by atoms with Crippen molar-refractivity contribution in [2.24, 2.45) is 5.92 Å². The van der Waals surface area contributed by atoms with Crippen LogP contribution in [0.15, 0.2) is 35.7 Å². The first kappa shape index (κ1) is 20.9. The second-order valence-electron chi connectivity index (χ2n) is 6.31. The zero-order chi connectivity index (χ0) is 20.0. The van der Waals surface area contributed by atoms with E-state index in [9.17, 15) is 14.4 Å². The Kier molecular flexibility index (Phi) is 7.38. The predicted octanol–water partition coefficient (Wildman–Crippen LogP) is 3.97. The molecule has 8 heteroatoms. The SMILES string of the molecule is CC(C)CNC(=O)[C@@H](C)OC(=O)c1ccc(Cl)cc1NC(=O)c1cccs1. The molecule has 2 rings (SSSR count). The van der Waals surface area contributed by atoms with Gasteiger partial charge in [-0.1, -0.05) is 31.5 Å². The third kappa shape index (κ3) is 6.08. The summed E-state index contributed by atoms with van der Waals surface area (Å²) in [6.45, 7) is 5.91. The number of anilines is 1. The van der Waals surface area contributed by atoms with Crippen LogP contribution in [-0.2, 0) is 9.53 Å². The van der Waals surface area contributed by atoms with Gasteiger partial charge in [-0.05, 0) is 42.5 Å². The molecule has 0 fully saturated rings. The molecular weight excluding hydrogens is 388 g/mol. The molecule has 0 unspecified atom stereocenters. The summed E-state index contributed by atoms with van der Waals surface area (Å²) in [6, 6.07) is 7.86. The van der Waals surface area contributed by atoms with Crippen LogP contribution < -0.4 is 10.6 Å². The van der Waals surface area contributed by atoms with E-state index >= 15 is 0 Å². The lowest BCUT2D eigenvalue weighted by atomic mass is 10.1. The van der Waals surface area contributed by atoms with Gasteiger partial charge in [0.05, 0.1) is 16.1 Å². The van der Waals surface area contributed by atoms with E-state index in [4.69, 9.17) is 16.3 Å². The minimum absolute atomic E-state index is 0.118. The Morgan fingerprint density at radius 1 is 1.19 bits per heavy atom. The van der Waals surface area contributed by atoms with Crippen LogP contribution in [0, 0.1) is 5.92 Å². The van der Waals surface area contributed by atoms with E-state index in [1.807, 2.05) is 13.8 Å². The largest absolute Gasteiger partial charge is 0.449 e. The van der Waals surface area contributed by atoms with Gasteiger partial charge >= 0.3 is 5.97 Å². The van der Waals surface area contributed by atoms with Crippen LogP contribution in [0.1, 0.15) is 40.8 Å². The molecule has 2 aromatic rings. The number of benzene rings is 1. The Morgan fingerprint density at radius 2 is 1.93 bits per heavy atom. The second-order valence-corrected chi connectivity index (χ2v) is 7.69. The maximum absolute atomic E-state index is 12.5. The molecule has 144 valence electrons. The van der Waals surface area contributed by atoms with Crippen LogP contribution in [0.3, 0.4) is 0 Å². The molecule has 2 N–H and O–H groups in total. The fourth-order valence-corrected chi connectivity index (χ4v) is 2.91. The fourth-order valence-electron chi connectivity index (χ4n) is 2.12. The van der Waals surface area contributed by atoms with Crippen molar-refractivity contribution in [1.29, 1.82) is 0 Å². The quantitative estimate of drug-likeness (QED) is 0.679. The van der Waals surface area contributed by atoms with Crippen LogP contribution in [0.25, 0.3) is 0 Å². The molecular formula is C19H21ClN2O4S. The zero-order valence-electron chi connectivity index (χ0n) is 15.2. The molecule has 2 amide bonds. The maximum Gasteiger partial charge on any atom is 0.341 e. The van der Waals surface area contributed by atoms with E-state index in [0.717, 1.165) is 0 Å². The number of thiophene rings is 1. The van der Waals surface area contributed by atoms with Crippen LogP contribution in [0.4, 0.5) is 5.69 Å². The minimum Gasteiger partial charge on any atom is -0.449 e. The fraction of sp³-hybridized carbons (Fsp3) is 0.316. The first-order valence-electron chi connectivity index (χ1n) is 8.41. The van der Waals surface area contributed by atoms with Gasteiger partial charge in [-0.3, -0.25) is 9.59 Å². The van der Waals surface area contributed by atoms with E-state index in [2.05, 4.69) is 10.6 Å². The van der Waals surface area contributed by atoms with Crippen LogP contribution >= 0.6 is 22.9 Å². The normalized spacial score (nSPS) is 11.7. The molecule has 6 nitrogen and oxygen atoms in total. The highest BCUT2D eigenvalue weighted by Gasteiger charge is 2.22. The number of rotatable bonds is 7. The summed E-state index contributed by atoms with van der Waals surface area (Å²) in [4.78, 5) is 37.3. The maximum atomic E-state index is 12.5. The van der Waals surface area contributed by atoms with E-state index in [1.54, 1.807) is 17.5 Å². The number of carbonyl (C=O) groups is 3. The van der Waals surface area contributed by atoms with Gasteiger partial charge in [-0.15, -0.1) is 11.3 Å². The molecule has 1 atom stereocenters. The molecule has 1 heterocycles. The summed E-state index contributed by atoms with van der Waals surface area (Å²) in [5, 5.41) is 7.50. The predicted molar refractivity (Wildman–Crippen MR) is 106 cm³/mol. The first-order valence-corrected chi connectivity index (χ1v) is 9.66. The van der Waals surface area contributed by atoms with Crippen LogP contribution in [0.5, 0.6) is 0 Å². The van der Waals surface area contributed by atoms with Crippen molar-refractivity contribution >= 4 is 46.4 Å². The van der Waals surface area contributed by atoms with Gasteiger partial charge in [0.25, 0.3) is 11.8 Å². The lowest BCUT2D eigenvalue weighted by molar-refractivity contribution is -0.129. The summed E-state index contributed by atoms with van der Waals surface area (Å²) in [7, 11) is 0. The highest BCUT2D eigenvalue weighted by molar-refractivity contribution is 7.12. The monoisotopic (exact) mass is 408 g/mol. The summed E-state index contributed by atoms with van der Waals surface area (Å²) in [5.74, 6) is -1.17. The summed E-state index contributed by atoms with van der Waals surface area (Å²) in [5.41, 5.74) is 0.341. The molecule has 0 spiro atoms. The third-order valence-electron chi connectivity index (χ3n) is 3.53. The van der Waals surface area contributed by atoms with E-state index in [-0.39, 0.29) is 29.0 Å². The van der Waals surface area contributed by atoms with E-state index < -0.39 is 12.1 Å². The van der Waals surface area contributed by atoms with Crippen LogP contribution in [0.2, 0.25) is 5.02 Å². The van der Waals surface area contributed by atoms with Crippen molar-refractivity contribution < 1.29 is 19.1 Å². The number of hydrogen-bond acceptors (Lipinski definition) is 5. The Morgan fingerprint density at radius 3 is 2.56 bits per heavy atom. The number of amides is 2. The van der Waals surface area contributed by atoms with Crippen molar-refractivity contribution in [3.63, 3.8) is 0 Å². The molecule has 0 radical (unpaired) electrons. The van der Waals surface area contributed by atoms with Crippen molar-refractivity contribution in [3.05, 3.63) is 51.2 Å². The highest BCUT2D eigenvalue weighted by Crippen LogP contribution is 2.24. The van der Waals surface area contributed by atoms with Gasteiger partial charge in [0.15, 0.2) is 6.10 Å². The smallest absolute Gasteiger partial charge is 0.341 e. The summed E-state index contributed by atoms with van der Waals surface area (Å²) < 4.78 is 5.24. The third-order valence-corrected chi connectivity index (χ3v) is 4.64. The van der Waals surface area contributed by atoms with Crippen LogP contribution in [-0.4, -0.2) is 30.4 Å². The van der Waals surface area contributed by atoms with Crippen molar-refractivity contribution in [3.8, 4) is 0 Å². The molecule has 27 heavy (non-hydrogen) atoms. The molecule has 0 saturated carbocycles. The molecule has 0 bridgehead atoms. The van der Waals surface area contributed by atoms with Crippen molar-refractivity contribution in [1.82, 2.24) is 5.32 Å². The summed E-state index contributed by atoms with van der Waals surface area (Å²) >= 11 is 7.27. The highest BCUT2D eigenvalue weighted by atomic mass is 35.5. The van der Waals surface area contributed by atoms with Gasteiger partial charge in [0, 0.05) is 11.6 Å². The topological polar surface area (TPSA) is 84.5 Å². The Labute approximate surface area is 166 Å². The average Bonchev–Trinajstić information content (AvgIpc) is 3.14. The molecule has 0 aliphatic carbocycles. The lowest BCUT2D eigenvalue weighted by Crippen LogP contribution is -2.37. The number of nitrogens with one attached hydrogen (secondary N) is 2. The van der Waals surface area contributed by atoms with Gasteiger partial charge in [0.2, 0.25) is 0 Å². The van der Waals surface area contributed by atoms with Gasteiger partial charge < -0.3 is 15.4 Å². The number of esters is 1. The van der Waals surface area contributed by atoms with Crippen molar-refractivity contribution in [2.45, 2.75) is 26.9 Å². The Balaban J connectivity index is 2.11. The number of ether oxygens (including phenoxy) is 1. The van der Waals surface area contributed by atoms with Gasteiger partial charge in [-0.25, -0.2) is 4.79 Å². The van der Waals surface area contributed by atoms with E-state index in [0.29, 0.717) is 16.4 Å². The standard InChI is InChI=1S/C19H21ClN2O4S/c1-11(2)10-21-17(23)12(3)26-19(25)14-7-6-13(20)9-15(14)22-18(24)16-5-4-8-27-16/h4-9,11-12H,10H2,1-3H3,(H,21,23)(H,22,24)/t12-/m1/s1. The lowest BCUT2D eigenvalue weighted by Gasteiger charge is -2.16. The molecule has 1 aromatic heterocycles. The minimum atomic E-state index is -0.965. The molecule has 0 aliphatic heterocycles. The molecule has 0 saturated heterocycles. The van der Waals surface area contributed by atoms with Gasteiger partial charge in [0.1, 0.15) is 0 Å². The zero-order valence-corrected chi connectivity index (χ0v) is 16.8. The Hall–Kier alpha value is -2.38. The molecule has 1 aromatic carbocycles. The number of halogens is 1. The first-order chi connectivity index (χ1) is 12.8. The molecule has 0 aliphatic rings. The summed E-state index contributed by atoms with van der Waals surface area (Å²) in [6.07, 6.45) is -0.965. The van der Waals surface area contributed by atoms with Crippen molar-refractivity contribution in [2.75, 3.05) is 11.9 Å². The second kappa shape index (κ2) is 9.53.